The van der Waals surface area contributed by atoms with Gasteiger partial charge in [-0.2, -0.15) is 0 Å². The molecule has 110 valence electrons. The maximum atomic E-state index is 9.71. The van der Waals surface area contributed by atoms with E-state index in [9.17, 15) is 5.11 Å². The predicted molar refractivity (Wildman–Crippen MR) is 83.0 cm³/mol. The van der Waals surface area contributed by atoms with E-state index in [1.165, 1.54) is 56.1 Å². The number of phenols is 1. The lowest BCUT2D eigenvalue weighted by Gasteiger charge is -2.42. The first-order chi connectivity index (χ1) is 9.79. The number of fused-ring (bicyclic) bond motifs is 1. The molecule has 20 heavy (non-hydrogen) atoms. The summed E-state index contributed by atoms with van der Waals surface area (Å²) in [5, 5.41) is 9.71. The molecule has 0 saturated heterocycles. The highest BCUT2D eigenvalue weighted by atomic mass is 16.3. The number of nitrogens with zero attached hydrogens (tertiary/aromatic N) is 1. The maximum absolute atomic E-state index is 9.71. The van der Waals surface area contributed by atoms with Gasteiger partial charge in [-0.15, -0.1) is 0 Å². The summed E-state index contributed by atoms with van der Waals surface area (Å²) in [5.74, 6) is 0.421. The highest BCUT2D eigenvalue weighted by Gasteiger charge is 2.30. The lowest BCUT2D eigenvalue weighted by molar-refractivity contribution is 0.0992. The Morgan fingerprint density at radius 1 is 1.10 bits per heavy atom. The van der Waals surface area contributed by atoms with Crippen molar-refractivity contribution < 1.29 is 5.11 Å². The zero-order valence-corrected chi connectivity index (χ0v) is 12.6. The molecule has 2 nitrogen and oxygen atoms in total. The molecule has 1 aromatic carbocycles. The number of hydrogen-bond donors (Lipinski definition) is 1. The molecule has 3 rings (SSSR count). The van der Waals surface area contributed by atoms with Crippen molar-refractivity contribution in [1.29, 1.82) is 0 Å². The van der Waals surface area contributed by atoms with E-state index in [2.05, 4.69) is 17.9 Å². The first-order valence-corrected chi connectivity index (χ1v) is 8.37. The molecule has 1 saturated carbocycles. The molecular formula is C18H27NO. The molecule has 0 aromatic heterocycles. The molecule has 2 heteroatoms. The molecule has 0 bridgehead atoms. The van der Waals surface area contributed by atoms with Crippen molar-refractivity contribution in [3.05, 3.63) is 29.3 Å². The normalized spacial score (nSPS) is 23.8. The highest BCUT2D eigenvalue weighted by molar-refractivity contribution is 5.38. The average Bonchev–Trinajstić information content (AvgIpc) is 2.49. The zero-order chi connectivity index (χ0) is 13.9. The Morgan fingerprint density at radius 3 is 2.65 bits per heavy atom. The Bertz CT molecular complexity index is 451. The number of hydrogen-bond acceptors (Lipinski definition) is 2. The predicted octanol–water partition coefficient (Wildman–Crippen LogP) is 4.42. The van der Waals surface area contributed by atoms with Crippen LogP contribution in [0.2, 0.25) is 0 Å². The molecule has 0 heterocycles. The summed E-state index contributed by atoms with van der Waals surface area (Å²) in [6, 6.07) is 7.37. The molecule has 0 radical (unpaired) electrons. The minimum Gasteiger partial charge on any atom is -0.508 e. The Hall–Kier alpha value is -1.02. The van der Waals surface area contributed by atoms with Gasteiger partial charge in [0.05, 0.1) is 0 Å². The molecular weight excluding hydrogens is 246 g/mol. The van der Waals surface area contributed by atoms with Crippen LogP contribution in [0.4, 0.5) is 0 Å². The molecule has 1 atom stereocenters. The summed E-state index contributed by atoms with van der Waals surface area (Å²) < 4.78 is 0. The lowest BCUT2D eigenvalue weighted by Crippen LogP contribution is -2.40. The van der Waals surface area contributed by atoms with E-state index in [-0.39, 0.29) is 0 Å². The summed E-state index contributed by atoms with van der Waals surface area (Å²) in [6.07, 6.45) is 10.6. The molecule has 1 unspecified atom stereocenters. The van der Waals surface area contributed by atoms with Gasteiger partial charge in [0, 0.05) is 12.1 Å². The molecule has 2 aliphatic carbocycles. The fourth-order valence-corrected chi connectivity index (χ4v) is 4.27. The standard InChI is InChI=1S/C18H27NO/c1-2-19(15-8-4-3-5-9-15)18-10-6-7-14-13-16(20)11-12-17(14)18/h11-13,15,18,20H,2-10H2,1H3. The SMILES string of the molecule is CCN(C1CCCCC1)C1CCCc2cc(O)ccc21. The molecule has 0 amide bonds. The van der Waals surface area contributed by atoms with Crippen LogP contribution in [0.25, 0.3) is 0 Å². The van der Waals surface area contributed by atoms with Crippen molar-refractivity contribution in [1.82, 2.24) is 4.90 Å². The number of phenolic OH excluding ortho intramolecular Hbond substituents is 1. The third kappa shape index (κ3) is 2.71. The average molecular weight is 273 g/mol. The molecule has 1 N–H and O–H groups in total. The number of rotatable bonds is 3. The quantitative estimate of drug-likeness (QED) is 0.881. The first kappa shape index (κ1) is 13.9. The minimum absolute atomic E-state index is 0.421. The molecule has 2 aliphatic rings. The van der Waals surface area contributed by atoms with Crippen LogP contribution in [0.15, 0.2) is 18.2 Å². The number of aromatic hydroxyl groups is 1. The van der Waals surface area contributed by atoms with Gasteiger partial charge in [0.25, 0.3) is 0 Å². The minimum atomic E-state index is 0.421. The number of benzene rings is 1. The van der Waals surface area contributed by atoms with Crippen LogP contribution < -0.4 is 0 Å². The molecule has 1 aromatic rings. The van der Waals surface area contributed by atoms with Gasteiger partial charge in [-0.1, -0.05) is 32.3 Å². The van der Waals surface area contributed by atoms with Gasteiger partial charge in [0.15, 0.2) is 0 Å². The smallest absolute Gasteiger partial charge is 0.115 e. The van der Waals surface area contributed by atoms with Gasteiger partial charge in [-0.25, -0.2) is 0 Å². The van der Waals surface area contributed by atoms with Crippen molar-refractivity contribution in [2.45, 2.75) is 70.4 Å². The van der Waals surface area contributed by atoms with Gasteiger partial charge in [-0.05, 0) is 61.9 Å². The van der Waals surface area contributed by atoms with Crippen molar-refractivity contribution in [3.63, 3.8) is 0 Å². The first-order valence-electron chi connectivity index (χ1n) is 8.37. The second kappa shape index (κ2) is 6.17. The van der Waals surface area contributed by atoms with Crippen LogP contribution in [0, 0.1) is 0 Å². The van der Waals surface area contributed by atoms with Crippen LogP contribution in [0.3, 0.4) is 0 Å². The molecule has 1 fully saturated rings. The van der Waals surface area contributed by atoms with E-state index in [4.69, 9.17) is 0 Å². The maximum Gasteiger partial charge on any atom is 0.115 e. The zero-order valence-electron chi connectivity index (χ0n) is 12.6. The summed E-state index contributed by atoms with van der Waals surface area (Å²) in [7, 11) is 0. The van der Waals surface area contributed by atoms with Crippen LogP contribution >= 0.6 is 0 Å². The Balaban J connectivity index is 1.85. The van der Waals surface area contributed by atoms with Gasteiger partial charge in [0.1, 0.15) is 5.75 Å². The topological polar surface area (TPSA) is 23.5 Å². The largest absolute Gasteiger partial charge is 0.508 e. The van der Waals surface area contributed by atoms with Gasteiger partial charge >= 0.3 is 0 Å². The van der Waals surface area contributed by atoms with Crippen molar-refractivity contribution in [2.75, 3.05) is 6.54 Å². The van der Waals surface area contributed by atoms with Crippen molar-refractivity contribution >= 4 is 0 Å². The Labute approximate surface area is 122 Å². The van der Waals surface area contributed by atoms with Crippen molar-refractivity contribution in [3.8, 4) is 5.75 Å². The van der Waals surface area contributed by atoms with Gasteiger partial charge in [0.2, 0.25) is 0 Å². The summed E-state index contributed by atoms with van der Waals surface area (Å²) in [5.41, 5.74) is 2.84. The second-order valence-corrected chi connectivity index (χ2v) is 6.41. The van der Waals surface area contributed by atoms with E-state index in [0.717, 1.165) is 19.0 Å². The Kier molecular flexibility index (Phi) is 4.30. The summed E-state index contributed by atoms with van der Waals surface area (Å²) >= 11 is 0. The van der Waals surface area contributed by atoms with E-state index >= 15 is 0 Å². The van der Waals surface area contributed by atoms with E-state index < -0.39 is 0 Å². The van der Waals surface area contributed by atoms with Gasteiger partial charge in [-0.3, -0.25) is 4.90 Å². The molecule has 0 spiro atoms. The summed E-state index contributed by atoms with van der Waals surface area (Å²) in [4.78, 5) is 2.74. The fourth-order valence-electron chi connectivity index (χ4n) is 4.27. The van der Waals surface area contributed by atoms with E-state index in [1.807, 2.05) is 12.1 Å². The molecule has 0 aliphatic heterocycles. The van der Waals surface area contributed by atoms with Gasteiger partial charge < -0.3 is 5.11 Å². The van der Waals surface area contributed by atoms with Crippen molar-refractivity contribution in [2.24, 2.45) is 0 Å². The third-order valence-electron chi connectivity index (χ3n) is 5.22. The van der Waals surface area contributed by atoms with Crippen LogP contribution in [-0.4, -0.2) is 22.6 Å². The summed E-state index contributed by atoms with van der Waals surface area (Å²) in [6.45, 7) is 3.46. The third-order valence-corrected chi connectivity index (χ3v) is 5.22. The van der Waals surface area contributed by atoms with Crippen LogP contribution in [-0.2, 0) is 6.42 Å². The van der Waals surface area contributed by atoms with Crippen LogP contribution in [0.5, 0.6) is 5.75 Å². The number of aryl methyl sites for hydroxylation is 1. The highest BCUT2D eigenvalue weighted by Crippen LogP contribution is 2.38. The Morgan fingerprint density at radius 2 is 1.90 bits per heavy atom. The lowest BCUT2D eigenvalue weighted by atomic mass is 9.84. The van der Waals surface area contributed by atoms with E-state index in [1.54, 1.807) is 0 Å². The second-order valence-electron chi connectivity index (χ2n) is 6.41. The van der Waals surface area contributed by atoms with Crippen LogP contribution in [0.1, 0.15) is 69.0 Å². The fraction of sp³-hybridized carbons (Fsp3) is 0.667. The van der Waals surface area contributed by atoms with E-state index in [0.29, 0.717) is 11.8 Å². The monoisotopic (exact) mass is 273 g/mol.